The molecule has 0 aromatic heterocycles. The number of hydrogen-bond donors (Lipinski definition) is 2. The van der Waals surface area contributed by atoms with E-state index < -0.39 is 0 Å². The van der Waals surface area contributed by atoms with Crippen LogP contribution in [0.25, 0.3) is 0 Å². The van der Waals surface area contributed by atoms with Gasteiger partial charge in [-0.1, -0.05) is 20.8 Å². The van der Waals surface area contributed by atoms with Gasteiger partial charge in [0.25, 0.3) is 0 Å². The minimum atomic E-state index is 0.131. The average molecular weight is 321 g/mol. The van der Waals surface area contributed by atoms with Gasteiger partial charge in [0.1, 0.15) is 0 Å². The van der Waals surface area contributed by atoms with Crippen molar-refractivity contribution in [2.75, 3.05) is 18.4 Å². The summed E-state index contributed by atoms with van der Waals surface area (Å²) in [6.45, 7) is 10.8. The Labute approximate surface area is 138 Å². The van der Waals surface area contributed by atoms with Crippen LogP contribution < -0.4 is 10.6 Å². The summed E-state index contributed by atoms with van der Waals surface area (Å²) in [7, 11) is 0. The van der Waals surface area contributed by atoms with Gasteiger partial charge in [0, 0.05) is 21.8 Å². The van der Waals surface area contributed by atoms with Crippen LogP contribution in [0.5, 0.6) is 0 Å². The van der Waals surface area contributed by atoms with Crippen LogP contribution in [0.15, 0.2) is 23.1 Å². The van der Waals surface area contributed by atoms with Crippen molar-refractivity contribution in [3.8, 4) is 0 Å². The van der Waals surface area contributed by atoms with Crippen LogP contribution in [0.2, 0.25) is 0 Å². The predicted octanol–water partition coefficient (Wildman–Crippen LogP) is 4.21. The van der Waals surface area contributed by atoms with Crippen molar-refractivity contribution in [2.24, 2.45) is 5.92 Å². The lowest BCUT2D eigenvalue weighted by atomic mass is 10.0. The first-order chi connectivity index (χ1) is 10.3. The number of anilines is 1. The van der Waals surface area contributed by atoms with Crippen LogP contribution in [0.4, 0.5) is 5.69 Å². The van der Waals surface area contributed by atoms with Crippen LogP contribution in [0, 0.1) is 12.8 Å². The monoisotopic (exact) mass is 320 g/mol. The second-order valence-electron chi connectivity index (χ2n) is 7.14. The Balaban J connectivity index is 1.87. The van der Waals surface area contributed by atoms with Gasteiger partial charge >= 0.3 is 0 Å². The Morgan fingerprint density at radius 1 is 1.41 bits per heavy atom. The topological polar surface area (TPSA) is 41.1 Å². The van der Waals surface area contributed by atoms with Crippen molar-refractivity contribution in [3.63, 3.8) is 0 Å². The minimum Gasteiger partial charge on any atom is -0.326 e. The summed E-state index contributed by atoms with van der Waals surface area (Å²) < 4.78 is 0.201. The lowest BCUT2D eigenvalue weighted by Gasteiger charge is -2.18. The van der Waals surface area contributed by atoms with E-state index in [1.807, 2.05) is 17.8 Å². The van der Waals surface area contributed by atoms with Gasteiger partial charge < -0.3 is 10.6 Å². The molecule has 1 unspecified atom stereocenters. The van der Waals surface area contributed by atoms with Gasteiger partial charge in [-0.3, -0.25) is 4.79 Å². The number of carbonyl (C=O) groups is 1. The number of amides is 1. The van der Waals surface area contributed by atoms with E-state index >= 15 is 0 Å². The van der Waals surface area contributed by atoms with E-state index in [1.165, 1.54) is 11.3 Å². The molecule has 2 rings (SSSR count). The van der Waals surface area contributed by atoms with Crippen molar-refractivity contribution >= 4 is 23.4 Å². The molecule has 0 bridgehead atoms. The van der Waals surface area contributed by atoms with E-state index in [0.717, 1.165) is 30.8 Å². The number of aryl methyl sites for hydroxylation is 1. The van der Waals surface area contributed by atoms with Crippen LogP contribution in [0.3, 0.4) is 0 Å². The largest absolute Gasteiger partial charge is 0.326 e. The molecule has 1 aromatic rings. The molecule has 1 atom stereocenters. The standard InChI is InChI=1S/C18H28N2OS/c1-13-11-15(22-18(2,3)4)6-7-16(13)20-17(21)8-5-14-9-10-19-12-14/h6-7,11,14,19H,5,8-10,12H2,1-4H3,(H,20,21). The van der Waals surface area contributed by atoms with Crippen molar-refractivity contribution in [2.45, 2.75) is 56.6 Å². The van der Waals surface area contributed by atoms with E-state index in [1.54, 1.807) is 0 Å². The molecular weight excluding hydrogens is 292 g/mol. The third-order valence-electron chi connectivity index (χ3n) is 3.84. The maximum Gasteiger partial charge on any atom is 0.224 e. The summed E-state index contributed by atoms with van der Waals surface area (Å²) in [6.07, 6.45) is 2.80. The second kappa shape index (κ2) is 7.51. The minimum absolute atomic E-state index is 0.131. The molecule has 4 heteroatoms. The van der Waals surface area contributed by atoms with Crippen LogP contribution >= 0.6 is 11.8 Å². The summed E-state index contributed by atoms with van der Waals surface area (Å²) in [5.41, 5.74) is 2.07. The molecule has 0 radical (unpaired) electrons. The van der Waals surface area contributed by atoms with Gasteiger partial charge in [0.15, 0.2) is 0 Å². The van der Waals surface area contributed by atoms with E-state index in [-0.39, 0.29) is 10.7 Å². The molecule has 1 saturated heterocycles. The SMILES string of the molecule is Cc1cc(SC(C)(C)C)ccc1NC(=O)CCC1CCNC1. The summed E-state index contributed by atoms with van der Waals surface area (Å²) >= 11 is 1.85. The van der Waals surface area contributed by atoms with E-state index in [9.17, 15) is 4.79 Å². The Bertz CT molecular complexity index is 516. The Hall–Kier alpha value is -1.00. The lowest BCUT2D eigenvalue weighted by molar-refractivity contribution is -0.116. The zero-order valence-corrected chi connectivity index (χ0v) is 15.0. The number of hydrogen-bond acceptors (Lipinski definition) is 3. The maximum absolute atomic E-state index is 12.1. The molecule has 3 nitrogen and oxygen atoms in total. The normalized spacial score (nSPS) is 18.5. The highest BCUT2D eigenvalue weighted by Crippen LogP contribution is 2.33. The van der Waals surface area contributed by atoms with E-state index in [4.69, 9.17) is 0 Å². The average Bonchev–Trinajstić information content (AvgIpc) is 2.91. The molecule has 22 heavy (non-hydrogen) atoms. The zero-order chi connectivity index (χ0) is 16.2. The van der Waals surface area contributed by atoms with Crippen molar-refractivity contribution in [1.82, 2.24) is 5.32 Å². The number of nitrogens with one attached hydrogen (secondary N) is 2. The Morgan fingerprint density at radius 3 is 2.77 bits per heavy atom. The highest BCUT2D eigenvalue weighted by atomic mass is 32.2. The van der Waals surface area contributed by atoms with Gasteiger partial charge in [-0.15, -0.1) is 11.8 Å². The number of benzene rings is 1. The smallest absolute Gasteiger partial charge is 0.224 e. The van der Waals surface area contributed by atoms with Gasteiger partial charge in [-0.05, 0) is 62.5 Å². The molecule has 2 N–H and O–H groups in total. The summed E-state index contributed by atoms with van der Waals surface area (Å²) in [5.74, 6) is 0.795. The quantitative estimate of drug-likeness (QED) is 0.798. The predicted molar refractivity (Wildman–Crippen MR) is 95.6 cm³/mol. The third kappa shape index (κ3) is 5.65. The van der Waals surface area contributed by atoms with E-state index in [0.29, 0.717) is 12.3 Å². The highest BCUT2D eigenvalue weighted by Gasteiger charge is 2.16. The number of thioether (sulfide) groups is 1. The molecular formula is C18H28N2OS. The fourth-order valence-corrected chi connectivity index (χ4v) is 3.78. The molecule has 1 aliphatic rings. The fourth-order valence-electron chi connectivity index (χ4n) is 2.70. The molecule has 1 aromatic carbocycles. The molecule has 0 saturated carbocycles. The van der Waals surface area contributed by atoms with Crippen molar-refractivity contribution < 1.29 is 4.79 Å². The van der Waals surface area contributed by atoms with Crippen molar-refractivity contribution in [1.29, 1.82) is 0 Å². The van der Waals surface area contributed by atoms with Crippen LogP contribution in [-0.2, 0) is 4.79 Å². The molecule has 1 amide bonds. The van der Waals surface area contributed by atoms with Gasteiger partial charge in [-0.2, -0.15) is 0 Å². The first-order valence-electron chi connectivity index (χ1n) is 8.14. The Kier molecular flexibility index (Phi) is 5.93. The van der Waals surface area contributed by atoms with Crippen LogP contribution in [-0.4, -0.2) is 23.7 Å². The fraction of sp³-hybridized carbons (Fsp3) is 0.611. The van der Waals surface area contributed by atoms with E-state index in [2.05, 4.69) is 50.5 Å². The molecule has 0 aliphatic carbocycles. The third-order valence-corrected chi connectivity index (χ3v) is 4.94. The number of carbonyl (C=O) groups excluding carboxylic acids is 1. The number of rotatable bonds is 5. The van der Waals surface area contributed by atoms with Gasteiger partial charge in [0.05, 0.1) is 0 Å². The van der Waals surface area contributed by atoms with Gasteiger partial charge in [-0.25, -0.2) is 0 Å². The summed E-state index contributed by atoms with van der Waals surface area (Å²) in [6, 6.07) is 6.28. The molecule has 1 heterocycles. The first kappa shape index (κ1) is 17.4. The summed E-state index contributed by atoms with van der Waals surface area (Å²) in [4.78, 5) is 13.3. The second-order valence-corrected chi connectivity index (χ2v) is 9.04. The molecule has 1 fully saturated rings. The molecule has 1 aliphatic heterocycles. The zero-order valence-electron chi connectivity index (χ0n) is 14.2. The van der Waals surface area contributed by atoms with Crippen LogP contribution in [0.1, 0.15) is 45.6 Å². The first-order valence-corrected chi connectivity index (χ1v) is 8.95. The molecule has 0 spiro atoms. The highest BCUT2D eigenvalue weighted by molar-refractivity contribution is 8.00. The maximum atomic E-state index is 12.1. The lowest BCUT2D eigenvalue weighted by Crippen LogP contribution is -2.15. The van der Waals surface area contributed by atoms with Gasteiger partial charge in [0.2, 0.25) is 5.91 Å². The summed E-state index contributed by atoms with van der Waals surface area (Å²) in [5, 5.41) is 6.40. The Morgan fingerprint density at radius 2 is 2.18 bits per heavy atom. The van der Waals surface area contributed by atoms with Crippen molar-refractivity contribution in [3.05, 3.63) is 23.8 Å². The molecule has 122 valence electrons.